The largest absolute Gasteiger partial charge is 0.351 e. The molecule has 1 aliphatic carbocycles. The average molecular weight is 175 g/mol. The van der Waals surface area contributed by atoms with Gasteiger partial charge in [-0.1, -0.05) is 19.9 Å². The van der Waals surface area contributed by atoms with Gasteiger partial charge in [-0.05, 0) is 36.0 Å². The molecule has 0 fully saturated rings. The molecule has 2 rings (SSSR count). The highest BCUT2D eigenvalue weighted by atomic mass is 14.9. The number of allylic oxidation sites excluding steroid dienone is 1. The fourth-order valence-corrected chi connectivity index (χ4v) is 1.99. The molecule has 1 aromatic heterocycles. The Morgan fingerprint density at radius 1 is 1.46 bits per heavy atom. The van der Waals surface area contributed by atoms with Crippen LogP contribution in [0.4, 0.5) is 0 Å². The van der Waals surface area contributed by atoms with Crippen molar-refractivity contribution in [1.29, 1.82) is 0 Å². The van der Waals surface area contributed by atoms with Gasteiger partial charge < -0.3 is 4.57 Å². The minimum atomic E-state index is 0.731. The van der Waals surface area contributed by atoms with Crippen molar-refractivity contribution in [1.82, 2.24) is 4.57 Å². The Balaban J connectivity index is 2.30. The molecule has 1 atom stereocenters. The van der Waals surface area contributed by atoms with Crippen LogP contribution < -0.4 is 0 Å². The Morgan fingerprint density at radius 3 is 2.92 bits per heavy atom. The summed E-state index contributed by atoms with van der Waals surface area (Å²) < 4.78 is 2.20. The van der Waals surface area contributed by atoms with Gasteiger partial charge in [0.2, 0.25) is 0 Å². The maximum absolute atomic E-state index is 2.35. The zero-order chi connectivity index (χ0) is 9.42. The highest BCUT2D eigenvalue weighted by Gasteiger charge is 2.17. The van der Waals surface area contributed by atoms with E-state index in [1.807, 2.05) is 0 Å². The van der Waals surface area contributed by atoms with Crippen LogP contribution in [0.2, 0.25) is 0 Å². The Kier molecular flexibility index (Phi) is 2.03. The Hall–Kier alpha value is -0.980. The summed E-state index contributed by atoms with van der Waals surface area (Å²) in [5.74, 6) is 1.49. The van der Waals surface area contributed by atoms with Gasteiger partial charge in [-0.3, -0.25) is 0 Å². The normalized spacial score (nSPS) is 20.8. The van der Waals surface area contributed by atoms with Crippen LogP contribution in [0.1, 0.15) is 25.1 Å². The predicted molar refractivity (Wildman–Crippen MR) is 56.5 cm³/mol. The molecule has 0 aromatic carbocycles. The summed E-state index contributed by atoms with van der Waals surface area (Å²) >= 11 is 0. The first-order valence-corrected chi connectivity index (χ1v) is 5.01. The quantitative estimate of drug-likeness (QED) is 0.618. The molecule has 0 N–H and O–H groups in total. The van der Waals surface area contributed by atoms with Crippen LogP contribution in [0, 0.1) is 11.8 Å². The zero-order valence-corrected chi connectivity index (χ0v) is 8.62. The van der Waals surface area contributed by atoms with E-state index < -0.39 is 0 Å². The highest BCUT2D eigenvalue weighted by Crippen LogP contribution is 2.27. The van der Waals surface area contributed by atoms with Crippen molar-refractivity contribution in [2.45, 2.75) is 20.3 Å². The van der Waals surface area contributed by atoms with Gasteiger partial charge in [-0.25, -0.2) is 0 Å². The lowest BCUT2D eigenvalue weighted by Crippen LogP contribution is -2.12. The lowest BCUT2D eigenvalue weighted by atomic mass is 9.85. The number of nitrogens with zero attached hydrogens (tertiary/aromatic N) is 1. The molecule has 1 nitrogen and oxygen atoms in total. The highest BCUT2D eigenvalue weighted by molar-refractivity contribution is 5.54. The van der Waals surface area contributed by atoms with Crippen LogP contribution in [-0.4, -0.2) is 4.57 Å². The van der Waals surface area contributed by atoms with Gasteiger partial charge in [0.1, 0.15) is 0 Å². The number of aromatic nitrogens is 1. The number of fused-ring (bicyclic) bond motifs is 1. The molecular formula is C12H17N. The summed E-state index contributed by atoms with van der Waals surface area (Å²) in [7, 11) is 2.11. The number of hydrogen-bond donors (Lipinski definition) is 0. The fraction of sp³-hybridized carbons (Fsp3) is 0.500. The maximum Gasteiger partial charge on any atom is 0.0433 e. The van der Waals surface area contributed by atoms with E-state index in [1.165, 1.54) is 17.7 Å². The van der Waals surface area contributed by atoms with Crippen LogP contribution >= 0.6 is 0 Å². The van der Waals surface area contributed by atoms with Gasteiger partial charge in [0.25, 0.3) is 0 Å². The van der Waals surface area contributed by atoms with E-state index in [0.717, 1.165) is 11.8 Å². The second-order valence-corrected chi connectivity index (χ2v) is 4.31. The zero-order valence-electron chi connectivity index (χ0n) is 8.62. The summed E-state index contributed by atoms with van der Waals surface area (Å²) in [5, 5.41) is 0. The number of hydrogen-bond acceptors (Lipinski definition) is 0. The Morgan fingerprint density at radius 2 is 2.23 bits per heavy atom. The van der Waals surface area contributed by atoms with Crippen molar-refractivity contribution in [2.75, 3.05) is 0 Å². The van der Waals surface area contributed by atoms with E-state index in [-0.39, 0.29) is 0 Å². The van der Waals surface area contributed by atoms with Gasteiger partial charge >= 0.3 is 0 Å². The van der Waals surface area contributed by atoms with Crippen molar-refractivity contribution in [3.8, 4) is 0 Å². The summed E-state index contributed by atoms with van der Waals surface area (Å²) in [6.07, 6.45) is 7.98. The van der Waals surface area contributed by atoms with Crippen molar-refractivity contribution in [2.24, 2.45) is 18.9 Å². The first-order valence-electron chi connectivity index (χ1n) is 5.01. The summed E-state index contributed by atoms with van der Waals surface area (Å²) in [5.41, 5.74) is 2.89. The van der Waals surface area contributed by atoms with Crippen LogP contribution in [0.5, 0.6) is 0 Å². The standard InChI is InChI=1S/C12H17N/c1-9(2)10-4-5-12-11(8-10)6-7-13(12)3/h4-7,9-10H,8H2,1-3H3. The van der Waals surface area contributed by atoms with Crippen molar-refractivity contribution in [3.63, 3.8) is 0 Å². The lowest BCUT2D eigenvalue weighted by Gasteiger charge is -2.20. The van der Waals surface area contributed by atoms with Crippen molar-refractivity contribution in [3.05, 3.63) is 29.6 Å². The van der Waals surface area contributed by atoms with Crippen molar-refractivity contribution >= 4 is 6.08 Å². The third-order valence-electron chi connectivity index (χ3n) is 3.02. The first kappa shape index (κ1) is 8.61. The molecule has 0 amide bonds. The van der Waals surface area contributed by atoms with E-state index >= 15 is 0 Å². The molecule has 13 heavy (non-hydrogen) atoms. The Labute approximate surface area is 80.1 Å². The average Bonchev–Trinajstić information content (AvgIpc) is 2.47. The molecule has 0 radical (unpaired) electrons. The smallest absolute Gasteiger partial charge is 0.0433 e. The lowest BCUT2D eigenvalue weighted by molar-refractivity contribution is 0.461. The summed E-state index contributed by atoms with van der Waals surface area (Å²) in [6, 6.07) is 2.24. The molecule has 1 heteroatoms. The van der Waals surface area contributed by atoms with E-state index in [2.05, 4.69) is 49.9 Å². The van der Waals surface area contributed by atoms with Crippen LogP contribution in [0.15, 0.2) is 18.3 Å². The van der Waals surface area contributed by atoms with Gasteiger partial charge in [0, 0.05) is 18.9 Å². The summed E-state index contributed by atoms with van der Waals surface area (Å²) in [4.78, 5) is 0. The van der Waals surface area contributed by atoms with Crippen LogP contribution in [0.3, 0.4) is 0 Å². The predicted octanol–water partition coefficient (Wildman–Crippen LogP) is 2.87. The molecule has 0 aliphatic heterocycles. The first-order chi connectivity index (χ1) is 6.18. The SMILES string of the molecule is CC(C)C1C=Cc2c(ccn2C)C1. The second kappa shape index (κ2) is 3.06. The van der Waals surface area contributed by atoms with Crippen LogP contribution in [-0.2, 0) is 13.5 Å². The maximum atomic E-state index is 2.35. The third kappa shape index (κ3) is 1.43. The second-order valence-electron chi connectivity index (χ2n) is 4.31. The molecular weight excluding hydrogens is 158 g/mol. The summed E-state index contributed by atoms with van der Waals surface area (Å²) in [6.45, 7) is 4.59. The van der Waals surface area contributed by atoms with E-state index in [0.29, 0.717) is 0 Å². The van der Waals surface area contributed by atoms with E-state index in [9.17, 15) is 0 Å². The molecule has 0 spiro atoms. The molecule has 1 unspecified atom stereocenters. The van der Waals surface area contributed by atoms with Crippen molar-refractivity contribution < 1.29 is 0 Å². The van der Waals surface area contributed by atoms with E-state index in [1.54, 1.807) is 0 Å². The van der Waals surface area contributed by atoms with Gasteiger partial charge in [-0.2, -0.15) is 0 Å². The molecule has 70 valence electrons. The molecule has 1 aromatic rings. The third-order valence-corrected chi connectivity index (χ3v) is 3.02. The minimum Gasteiger partial charge on any atom is -0.351 e. The Bertz CT molecular complexity index is 331. The van der Waals surface area contributed by atoms with Crippen LogP contribution in [0.25, 0.3) is 6.08 Å². The molecule has 1 aliphatic rings. The number of rotatable bonds is 1. The van der Waals surface area contributed by atoms with E-state index in [4.69, 9.17) is 0 Å². The molecule has 0 saturated carbocycles. The molecule has 1 heterocycles. The molecule has 0 bridgehead atoms. The minimum absolute atomic E-state index is 0.731. The monoisotopic (exact) mass is 175 g/mol. The fourth-order valence-electron chi connectivity index (χ4n) is 1.99. The number of aryl methyl sites for hydroxylation is 1. The van der Waals surface area contributed by atoms with Gasteiger partial charge in [0.05, 0.1) is 0 Å². The molecule has 0 saturated heterocycles. The van der Waals surface area contributed by atoms with Gasteiger partial charge in [0.15, 0.2) is 0 Å². The topological polar surface area (TPSA) is 4.93 Å². The van der Waals surface area contributed by atoms with Gasteiger partial charge in [-0.15, -0.1) is 0 Å².